The third kappa shape index (κ3) is 4.28. The quantitative estimate of drug-likeness (QED) is 0.468. The van der Waals surface area contributed by atoms with Crippen molar-refractivity contribution in [2.75, 3.05) is 26.6 Å². The molecule has 0 unspecified atom stereocenters. The minimum absolute atomic E-state index is 0.0641. The SMILES string of the molecule is COc1cc(OC)c(C(=O)C=Cc2cccc(N([O-])O)c2)c(OC)c1. The molecule has 7 nitrogen and oxygen atoms in total. The average Bonchev–Trinajstić information content (AvgIpc) is 2.64. The van der Waals surface area contributed by atoms with E-state index >= 15 is 0 Å². The number of rotatable bonds is 7. The summed E-state index contributed by atoms with van der Waals surface area (Å²) in [5.74, 6) is 0.798. The summed E-state index contributed by atoms with van der Waals surface area (Å²) in [7, 11) is 4.40. The first-order valence-corrected chi connectivity index (χ1v) is 7.28. The van der Waals surface area contributed by atoms with Crippen LogP contribution in [0, 0.1) is 5.21 Å². The van der Waals surface area contributed by atoms with Crippen LogP contribution in [0.25, 0.3) is 6.08 Å². The van der Waals surface area contributed by atoms with Crippen LogP contribution >= 0.6 is 0 Å². The fourth-order valence-corrected chi connectivity index (χ4v) is 2.25. The van der Waals surface area contributed by atoms with Gasteiger partial charge in [0, 0.05) is 12.1 Å². The highest BCUT2D eigenvalue weighted by Crippen LogP contribution is 2.34. The monoisotopic (exact) mass is 344 g/mol. The van der Waals surface area contributed by atoms with Crippen molar-refractivity contribution in [3.63, 3.8) is 0 Å². The lowest BCUT2D eigenvalue weighted by Crippen LogP contribution is -2.06. The maximum Gasteiger partial charge on any atom is 0.193 e. The van der Waals surface area contributed by atoms with Crippen LogP contribution in [0.15, 0.2) is 42.5 Å². The summed E-state index contributed by atoms with van der Waals surface area (Å²) in [5.41, 5.74) is 0.896. The summed E-state index contributed by atoms with van der Waals surface area (Å²) in [6, 6.07) is 9.35. The third-order valence-electron chi connectivity index (χ3n) is 3.48. The summed E-state index contributed by atoms with van der Waals surface area (Å²) in [6.07, 6.45) is 2.86. The van der Waals surface area contributed by atoms with Crippen LogP contribution < -0.4 is 19.4 Å². The Bertz CT molecular complexity index is 760. The van der Waals surface area contributed by atoms with Gasteiger partial charge in [0.1, 0.15) is 22.8 Å². The molecule has 0 saturated carbocycles. The number of methoxy groups -OCH3 is 3. The molecule has 7 heteroatoms. The molecule has 0 radical (unpaired) electrons. The van der Waals surface area contributed by atoms with Gasteiger partial charge in [0.05, 0.1) is 27.0 Å². The van der Waals surface area contributed by atoms with Crippen molar-refractivity contribution in [2.24, 2.45) is 0 Å². The van der Waals surface area contributed by atoms with Gasteiger partial charge in [-0.15, -0.1) is 0 Å². The van der Waals surface area contributed by atoms with Gasteiger partial charge in [-0.3, -0.25) is 10.0 Å². The van der Waals surface area contributed by atoms with E-state index < -0.39 is 0 Å². The minimum Gasteiger partial charge on any atom is -0.733 e. The highest BCUT2D eigenvalue weighted by Gasteiger charge is 2.18. The first-order chi connectivity index (χ1) is 12.0. The smallest absolute Gasteiger partial charge is 0.193 e. The molecule has 0 amide bonds. The van der Waals surface area contributed by atoms with E-state index in [1.165, 1.54) is 45.6 Å². The molecule has 0 aliphatic rings. The number of benzene rings is 2. The van der Waals surface area contributed by atoms with Crippen LogP contribution in [0.3, 0.4) is 0 Å². The Morgan fingerprint density at radius 1 is 1.08 bits per heavy atom. The van der Waals surface area contributed by atoms with Gasteiger partial charge in [0.25, 0.3) is 0 Å². The number of hydrogen-bond acceptors (Lipinski definition) is 7. The second-order valence-corrected chi connectivity index (χ2v) is 4.97. The molecular formula is C18H18NO6-. The molecule has 0 aliphatic heterocycles. The molecule has 0 fully saturated rings. The molecular weight excluding hydrogens is 326 g/mol. The van der Waals surface area contributed by atoms with Crippen molar-refractivity contribution in [2.45, 2.75) is 0 Å². The minimum atomic E-state index is -0.343. The maximum atomic E-state index is 12.6. The second kappa shape index (κ2) is 8.18. The first-order valence-electron chi connectivity index (χ1n) is 7.28. The first kappa shape index (κ1) is 18.3. The van der Waals surface area contributed by atoms with E-state index in [2.05, 4.69) is 0 Å². The van der Waals surface area contributed by atoms with Gasteiger partial charge in [-0.2, -0.15) is 0 Å². The molecule has 2 rings (SSSR count). The molecule has 2 aromatic rings. The van der Waals surface area contributed by atoms with Gasteiger partial charge in [-0.1, -0.05) is 18.2 Å². The molecule has 0 aromatic heterocycles. The number of ether oxygens (including phenoxy) is 3. The molecule has 0 aliphatic carbocycles. The molecule has 0 saturated heterocycles. The van der Waals surface area contributed by atoms with Crippen LogP contribution in [-0.4, -0.2) is 32.3 Å². The van der Waals surface area contributed by atoms with Gasteiger partial charge in [0.2, 0.25) is 0 Å². The van der Waals surface area contributed by atoms with Crippen LogP contribution in [0.5, 0.6) is 17.2 Å². The Hall–Kier alpha value is -3.03. The van der Waals surface area contributed by atoms with Gasteiger partial charge >= 0.3 is 0 Å². The Labute approximate surface area is 145 Å². The fraction of sp³-hybridized carbons (Fsp3) is 0.167. The topological polar surface area (TPSA) is 91.3 Å². The summed E-state index contributed by atoms with van der Waals surface area (Å²) < 4.78 is 15.7. The number of carbonyl (C=O) groups is 1. The molecule has 25 heavy (non-hydrogen) atoms. The Morgan fingerprint density at radius 3 is 2.24 bits per heavy atom. The van der Waals surface area contributed by atoms with Gasteiger partial charge < -0.3 is 24.6 Å². The summed E-state index contributed by atoms with van der Waals surface area (Å²) in [4.78, 5) is 12.6. The molecule has 0 heterocycles. The zero-order chi connectivity index (χ0) is 18.4. The fourth-order valence-electron chi connectivity index (χ4n) is 2.25. The lowest BCUT2D eigenvalue weighted by atomic mass is 10.1. The summed E-state index contributed by atoms with van der Waals surface area (Å²) >= 11 is 0. The number of nitrogens with zero attached hydrogens (tertiary/aromatic N) is 1. The number of ketones is 1. The maximum absolute atomic E-state index is 12.6. The van der Waals surface area contributed by atoms with E-state index in [0.29, 0.717) is 22.8 Å². The van der Waals surface area contributed by atoms with Crippen molar-refractivity contribution in [1.29, 1.82) is 0 Å². The largest absolute Gasteiger partial charge is 0.733 e. The standard InChI is InChI=1S/C18H18NO6/c1-23-14-10-16(24-2)18(17(11-14)25-3)15(20)8-7-12-5-4-6-13(9-12)19(21)22/h4-11,21H,1-3H3/q-1. The Kier molecular flexibility index (Phi) is 5.99. The van der Waals surface area contributed by atoms with E-state index in [4.69, 9.17) is 19.4 Å². The average molecular weight is 344 g/mol. The molecule has 2 aromatic carbocycles. The van der Waals surface area contributed by atoms with Crippen LogP contribution in [-0.2, 0) is 0 Å². The second-order valence-electron chi connectivity index (χ2n) is 4.97. The van der Waals surface area contributed by atoms with Crippen LogP contribution in [0.2, 0.25) is 0 Å². The van der Waals surface area contributed by atoms with Gasteiger partial charge in [-0.05, 0) is 23.8 Å². The predicted molar refractivity (Wildman–Crippen MR) is 93.5 cm³/mol. The number of anilines is 1. The van der Waals surface area contributed by atoms with Crippen molar-refractivity contribution >= 4 is 17.5 Å². The highest BCUT2D eigenvalue weighted by molar-refractivity contribution is 6.10. The zero-order valence-electron chi connectivity index (χ0n) is 14.1. The van der Waals surface area contributed by atoms with E-state index in [0.717, 1.165) is 0 Å². The molecule has 0 bridgehead atoms. The molecule has 0 atom stereocenters. The van der Waals surface area contributed by atoms with E-state index in [1.807, 2.05) is 0 Å². The highest BCUT2D eigenvalue weighted by atomic mass is 16.8. The predicted octanol–water partition coefficient (Wildman–Crippen LogP) is 3.30. The number of carbonyl (C=O) groups excluding carboxylic acids is 1. The number of hydrogen-bond donors (Lipinski definition) is 1. The van der Waals surface area contributed by atoms with Crippen molar-refractivity contribution in [3.8, 4) is 17.2 Å². The van der Waals surface area contributed by atoms with Gasteiger partial charge in [-0.25, -0.2) is 0 Å². The Balaban J connectivity index is 2.36. The normalized spacial score (nSPS) is 10.6. The summed E-state index contributed by atoms with van der Waals surface area (Å²) in [6.45, 7) is 0. The number of allylic oxidation sites excluding steroid dienone is 1. The molecule has 0 spiro atoms. The third-order valence-corrected chi connectivity index (χ3v) is 3.48. The van der Waals surface area contributed by atoms with Crippen molar-refractivity contribution in [1.82, 2.24) is 0 Å². The van der Waals surface area contributed by atoms with E-state index in [1.54, 1.807) is 24.3 Å². The lowest BCUT2D eigenvalue weighted by Gasteiger charge is -2.21. The zero-order valence-corrected chi connectivity index (χ0v) is 14.1. The van der Waals surface area contributed by atoms with Crippen molar-refractivity contribution < 1.29 is 24.2 Å². The van der Waals surface area contributed by atoms with Crippen molar-refractivity contribution in [3.05, 3.63) is 58.8 Å². The van der Waals surface area contributed by atoms with Crippen LogP contribution in [0.1, 0.15) is 15.9 Å². The Morgan fingerprint density at radius 2 is 1.72 bits per heavy atom. The van der Waals surface area contributed by atoms with E-state index in [9.17, 15) is 10.0 Å². The lowest BCUT2D eigenvalue weighted by molar-refractivity contribution is 0.104. The molecule has 1 N–H and O–H groups in total. The molecule has 132 valence electrons. The van der Waals surface area contributed by atoms with Gasteiger partial charge in [0.15, 0.2) is 5.78 Å². The summed E-state index contributed by atoms with van der Waals surface area (Å²) in [5, 5.41) is 19.6. The van der Waals surface area contributed by atoms with Crippen LogP contribution in [0.4, 0.5) is 5.69 Å². The van der Waals surface area contributed by atoms with E-state index in [-0.39, 0.29) is 22.3 Å².